The van der Waals surface area contributed by atoms with Crippen LogP contribution in [0.5, 0.6) is 0 Å². The van der Waals surface area contributed by atoms with Crippen LogP contribution in [-0.2, 0) is 9.59 Å². The number of carbonyl (C=O) groups excluding carboxylic acids is 2. The van der Waals surface area contributed by atoms with E-state index in [1.165, 1.54) is 0 Å². The Bertz CT molecular complexity index is 1330. The maximum Gasteiger partial charge on any atom is 0.258 e. The Morgan fingerprint density at radius 2 is 1.69 bits per heavy atom. The second kappa shape index (κ2) is 9.94. The molecule has 6 nitrogen and oxygen atoms in total. The van der Waals surface area contributed by atoms with Crippen LogP contribution < -0.4 is 15.5 Å². The second-order valence-electron chi connectivity index (χ2n) is 8.96. The summed E-state index contributed by atoms with van der Waals surface area (Å²) in [6, 6.07) is 19.1. The summed E-state index contributed by atoms with van der Waals surface area (Å²) < 4.78 is 0. The Morgan fingerprint density at radius 1 is 0.971 bits per heavy atom. The second-order valence-corrected chi connectivity index (χ2v) is 9.39. The zero-order valence-electron chi connectivity index (χ0n) is 20.6. The molecule has 1 heterocycles. The Morgan fingerprint density at radius 3 is 2.37 bits per heavy atom. The fraction of sp³-hybridized carbons (Fsp3) is 0.214. The predicted octanol–water partition coefficient (Wildman–Crippen LogP) is 5.41. The van der Waals surface area contributed by atoms with Crippen LogP contribution in [0.25, 0.3) is 11.3 Å². The molecular formula is C28H29ClN4O2. The fourth-order valence-electron chi connectivity index (χ4n) is 4.23. The van der Waals surface area contributed by atoms with Gasteiger partial charge in [-0.15, -0.1) is 0 Å². The molecule has 1 aliphatic rings. The highest BCUT2D eigenvalue weighted by Gasteiger charge is 2.29. The van der Waals surface area contributed by atoms with E-state index in [-0.39, 0.29) is 11.8 Å². The van der Waals surface area contributed by atoms with Crippen LogP contribution in [0.2, 0.25) is 5.02 Å². The molecule has 7 heteroatoms. The third-order valence-corrected chi connectivity index (χ3v) is 6.48. The molecule has 0 unspecified atom stereocenters. The van der Waals surface area contributed by atoms with Crippen molar-refractivity contribution in [1.29, 1.82) is 0 Å². The molecule has 0 saturated heterocycles. The Kier molecular flexibility index (Phi) is 6.96. The molecule has 0 fully saturated rings. The van der Waals surface area contributed by atoms with Gasteiger partial charge in [-0.1, -0.05) is 48.0 Å². The van der Waals surface area contributed by atoms with Crippen molar-refractivity contribution in [2.75, 3.05) is 43.2 Å². The van der Waals surface area contributed by atoms with Crippen LogP contribution in [0.4, 0.5) is 17.1 Å². The summed E-state index contributed by atoms with van der Waals surface area (Å²) in [5, 5.41) is 7.03. The third kappa shape index (κ3) is 4.94. The van der Waals surface area contributed by atoms with Crippen molar-refractivity contribution in [2.24, 2.45) is 0 Å². The lowest BCUT2D eigenvalue weighted by molar-refractivity contribution is -0.119. The molecule has 0 spiro atoms. The van der Waals surface area contributed by atoms with Gasteiger partial charge in [0, 0.05) is 29.0 Å². The minimum Gasteiger partial charge on any atom is -0.354 e. The van der Waals surface area contributed by atoms with E-state index >= 15 is 0 Å². The number of nitrogens with one attached hydrogen (secondary N) is 2. The summed E-state index contributed by atoms with van der Waals surface area (Å²) in [6.45, 7) is 4.35. The molecule has 0 bridgehead atoms. The maximum atomic E-state index is 13.1. The monoisotopic (exact) mass is 488 g/mol. The molecule has 2 amide bonds. The van der Waals surface area contributed by atoms with Gasteiger partial charge in [0.05, 0.1) is 23.5 Å². The summed E-state index contributed by atoms with van der Waals surface area (Å²) in [7, 11) is 5.55. The quantitative estimate of drug-likeness (QED) is 0.455. The molecule has 3 aromatic carbocycles. The van der Waals surface area contributed by atoms with E-state index < -0.39 is 0 Å². The van der Waals surface area contributed by atoms with Gasteiger partial charge < -0.3 is 20.4 Å². The fourth-order valence-corrected chi connectivity index (χ4v) is 4.40. The van der Waals surface area contributed by atoms with E-state index in [0.29, 0.717) is 28.5 Å². The number of anilines is 3. The number of benzene rings is 3. The number of fused-ring (bicyclic) bond motifs is 1. The van der Waals surface area contributed by atoms with Crippen LogP contribution in [-0.4, -0.2) is 44.4 Å². The molecule has 0 aliphatic carbocycles. The standard InChI is InChI=1S/C28H29ClN4O2/c1-17-18(2)24(33(5)25(34)16-32(3)4)14-13-22(17)30-27(19-9-7-6-8-10-19)26-21-12-11-20(29)15-23(21)31-28(26)35/h6-15,30H,16H2,1-5H3,(H,31,35). The molecule has 4 rings (SSSR count). The molecule has 0 aromatic heterocycles. The number of halogens is 1. The number of likely N-dealkylation sites (N-methyl/N-ethyl adjacent to an activating group) is 2. The first-order valence-electron chi connectivity index (χ1n) is 11.4. The normalized spacial score (nSPS) is 14.0. The van der Waals surface area contributed by atoms with Gasteiger partial charge in [-0.25, -0.2) is 0 Å². The number of amides is 2. The molecule has 0 radical (unpaired) electrons. The molecule has 180 valence electrons. The highest BCUT2D eigenvalue weighted by atomic mass is 35.5. The van der Waals surface area contributed by atoms with E-state index in [2.05, 4.69) is 10.6 Å². The van der Waals surface area contributed by atoms with E-state index in [9.17, 15) is 9.59 Å². The van der Waals surface area contributed by atoms with E-state index in [1.807, 2.05) is 81.4 Å². The SMILES string of the molecule is Cc1c(NC(=C2C(=O)Nc3cc(Cl)ccc32)c2ccccc2)ccc(N(C)C(=O)CN(C)C)c1C. The molecule has 3 aromatic rings. The first kappa shape index (κ1) is 24.5. The van der Waals surface area contributed by atoms with Gasteiger partial charge in [0.25, 0.3) is 5.91 Å². The first-order chi connectivity index (χ1) is 16.7. The largest absolute Gasteiger partial charge is 0.354 e. The predicted molar refractivity (Wildman–Crippen MR) is 145 cm³/mol. The van der Waals surface area contributed by atoms with Crippen LogP contribution in [0.15, 0.2) is 60.7 Å². The lowest BCUT2D eigenvalue weighted by Crippen LogP contribution is -2.35. The van der Waals surface area contributed by atoms with Crippen LogP contribution in [0.3, 0.4) is 0 Å². The average molecular weight is 489 g/mol. The van der Waals surface area contributed by atoms with Gasteiger partial charge in [-0.2, -0.15) is 0 Å². The smallest absolute Gasteiger partial charge is 0.258 e. The van der Waals surface area contributed by atoms with Crippen molar-refractivity contribution in [3.63, 3.8) is 0 Å². The highest BCUT2D eigenvalue weighted by Crippen LogP contribution is 2.39. The van der Waals surface area contributed by atoms with Gasteiger partial charge >= 0.3 is 0 Å². The van der Waals surface area contributed by atoms with Crippen LogP contribution >= 0.6 is 11.6 Å². The highest BCUT2D eigenvalue weighted by molar-refractivity contribution is 6.38. The molecule has 0 saturated carbocycles. The summed E-state index contributed by atoms with van der Waals surface area (Å²) in [5.41, 5.74) is 7.34. The first-order valence-corrected chi connectivity index (χ1v) is 11.7. The molecule has 2 N–H and O–H groups in total. The number of carbonyl (C=O) groups is 2. The van der Waals surface area contributed by atoms with E-state index in [1.54, 1.807) is 24.1 Å². The number of nitrogens with zero attached hydrogens (tertiary/aromatic N) is 2. The van der Waals surface area contributed by atoms with Crippen molar-refractivity contribution in [2.45, 2.75) is 13.8 Å². The minimum absolute atomic E-state index is 0.0168. The van der Waals surface area contributed by atoms with Gasteiger partial charge in [0.15, 0.2) is 0 Å². The van der Waals surface area contributed by atoms with Crippen molar-refractivity contribution in [1.82, 2.24) is 4.90 Å². The number of hydrogen-bond donors (Lipinski definition) is 2. The number of rotatable bonds is 6. The van der Waals surface area contributed by atoms with Crippen molar-refractivity contribution >= 4 is 51.7 Å². The maximum absolute atomic E-state index is 13.1. The average Bonchev–Trinajstić information content (AvgIpc) is 3.14. The van der Waals surface area contributed by atoms with Crippen molar-refractivity contribution < 1.29 is 9.59 Å². The molecule has 35 heavy (non-hydrogen) atoms. The zero-order chi connectivity index (χ0) is 25.3. The summed E-state index contributed by atoms with van der Waals surface area (Å²) in [5.74, 6) is -0.170. The lowest BCUT2D eigenvalue weighted by Gasteiger charge is -2.24. The molecule has 0 atom stereocenters. The van der Waals surface area contributed by atoms with E-state index in [0.717, 1.165) is 33.6 Å². The van der Waals surface area contributed by atoms with Gasteiger partial charge in [0.2, 0.25) is 5.91 Å². The summed E-state index contributed by atoms with van der Waals surface area (Å²) in [4.78, 5) is 29.3. The number of hydrogen-bond acceptors (Lipinski definition) is 4. The zero-order valence-corrected chi connectivity index (χ0v) is 21.3. The van der Waals surface area contributed by atoms with Gasteiger partial charge in [-0.05, 0) is 68.9 Å². The summed E-state index contributed by atoms with van der Waals surface area (Å²) in [6.07, 6.45) is 0. The van der Waals surface area contributed by atoms with Crippen molar-refractivity contribution in [3.05, 3.63) is 87.9 Å². The Hall–Kier alpha value is -3.61. The van der Waals surface area contributed by atoms with Crippen LogP contribution in [0, 0.1) is 13.8 Å². The lowest BCUT2D eigenvalue weighted by atomic mass is 9.99. The van der Waals surface area contributed by atoms with E-state index in [4.69, 9.17) is 11.6 Å². The molecular weight excluding hydrogens is 460 g/mol. The minimum atomic E-state index is -0.186. The Labute approximate surface area is 211 Å². The van der Waals surface area contributed by atoms with Crippen molar-refractivity contribution in [3.8, 4) is 0 Å². The van der Waals surface area contributed by atoms with Crippen LogP contribution in [0.1, 0.15) is 22.3 Å². The van der Waals surface area contributed by atoms with Gasteiger partial charge in [0.1, 0.15) is 0 Å². The topological polar surface area (TPSA) is 64.7 Å². The Balaban J connectivity index is 1.79. The summed E-state index contributed by atoms with van der Waals surface area (Å²) >= 11 is 6.16. The third-order valence-electron chi connectivity index (χ3n) is 6.24. The molecule has 1 aliphatic heterocycles. The van der Waals surface area contributed by atoms with Gasteiger partial charge in [-0.3, -0.25) is 9.59 Å².